The Bertz CT molecular complexity index is 528. The van der Waals surface area contributed by atoms with E-state index in [1.165, 1.54) is 0 Å². The van der Waals surface area contributed by atoms with Crippen LogP contribution in [0.2, 0.25) is 0 Å². The Labute approximate surface area is 115 Å². The molecular formula is C14H15NO5. The molecule has 6 nitrogen and oxygen atoms in total. The van der Waals surface area contributed by atoms with Crippen LogP contribution in [0.5, 0.6) is 0 Å². The molecule has 106 valence electrons. The van der Waals surface area contributed by atoms with E-state index in [9.17, 15) is 19.5 Å². The second kappa shape index (κ2) is 5.83. The van der Waals surface area contributed by atoms with E-state index < -0.39 is 24.0 Å². The molecule has 0 unspecified atom stereocenters. The number of carbonyl (C=O) groups excluding carboxylic acids is 2. The van der Waals surface area contributed by atoms with E-state index in [0.717, 1.165) is 10.5 Å². The first kappa shape index (κ1) is 14.2. The molecule has 0 aliphatic carbocycles. The maximum absolute atomic E-state index is 11.7. The molecule has 1 aliphatic rings. The number of ketones is 1. The fourth-order valence-electron chi connectivity index (χ4n) is 2.32. The molecule has 2 atom stereocenters. The average molecular weight is 277 g/mol. The van der Waals surface area contributed by atoms with Crippen LogP contribution in [0.25, 0.3) is 0 Å². The maximum atomic E-state index is 11.7. The molecular weight excluding hydrogens is 262 g/mol. The van der Waals surface area contributed by atoms with Gasteiger partial charge in [-0.1, -0.05) is 30.3 Å². The molecule has 1 heterocycles. The molecule has 1 aliphatic heterocycles. The third kappa shape index (κ3) is 3.03. The van der Waals surface area contributed by atoms with Crippen molar-refractivity contribution in [2.45, 2.75) is 25.0 Å². The van der Waals surface area contributed by atoms with Gasteiger partial charge < -0.3 is 15.1 Å². The largest absolute Gasteiger partial charge is 0.479 e. The Kier molecular flexibility index (Phi) is 4.14. The maximum Gasteiger partial charge on any atom is 0.334 e. The fourth-order valence-corrected chi connectivity index (χ4v) is 2.32. The van der Waals surface area contributed by atoms with E-state index in [-0.39, 0.29) is 25.2 Å². The van der Waals surface area contributed by atoms with E-state index in [0.29, 0.717) is 0 Å². The molecule has 6 heteroatoms. The molecule has 1 aromatic rings. The summed E-state index contributed by atoms with van der Waals surface area (Å²) in [7, 11) is 0. The van der Waals surface area contributed by atoms with Crippen molar-refractivity contribution < 1.29 is 24.6 Å². The first-order valence-electron chi connectivity index (χ1n) is 6.25. The van der Waals surface area contributed by atoms with Crippen LogP contribution in [-0.2, 0) is 20.8 Å². The van der Waals surface area contributed by atoms with Crippen LogP contribution in [0.1, 0.15) is 12.0 Å². The lowest BCUT2D eigenvalue weighted by Gasteiger charge is -2.29. The molecule has 2 rings (SSSR count). The average Bonchev–Trinajstić information content (AvgIpc) is 2.75. The lowest BCUT2D eigenvalue weighted by molar-refractivity contribution is -0.152. The van der Waals surface area contributed by atoms with Crippen molar-refractivity contribution in [2.24, 2.45) is 0 Å². The molecule has 1 aromatic carbocycles. The zero-order valence-electron chi connectivity index (χ0n) is 10.7. The number of aliphatic hydroxyl groups is 1. The van der Waals surface area contributed by atoms with Gasteiger partial charge in [0.05, 0.1) is 19.0 Å². The van der Waals surface area contributed by atoms with Crippen molar-refractivity contribution in [1.29, 1.82) is 0 Å². The number of likely N-dealkylation sites (tertiary alicyclic amines) is 1. The van der Waals surface area contributed by atoms with Crippen LogP contribution >= 0.6 is 0 Å². The minimum absolute atomic E-state index is 0.138. The molecule has 2 N–H and O–H groups in total. The van der Waals surface area contributed by atoms with Crippen molar-refractivity contribution in [2.75, 3.05) is 6.54 Å². The predicted octanol–water partition coefficient (Wildman–Crippen LogP) is -0.155. The smallest absolute Gasteiger partial charge is 0.334 e. The molecule has 0 aromatic heterocycles. The number of benzene rings is 1. The number of carboxylic acid groups (broad SMARTS) is 1. The molecule has 1 saturated heterocycles. The third-order valence-corrected chi connectivity index (χ3v) is 3.32. The first-order chi connectivity index (χ1) is 9.49. The van der Waals surface area contributed by atoms with Crippen LogP contribution < -0.4 is 0 Å². The highest BCUT2D eigenvalue weighted by Crippen LogP contribution is 2.18. The van der Waals surface area contributed by atoms with Crippen molar-refractivity contribution in [3.8, 4) is 0 Å². The minimum atomic E-state index is -1.72. The second-order valence-corrected chi connectivity index (χ2v) is 4.78. The van der Waals surface area contributed by atoms with Gasteiger partial charge >= 0.3 is 5.97 Å². The van der Waals surface area contributed by atoms with Gasteiger partial charge in [-0.25, -0.2) is 4.79 Å². The number of rotatable bonds is 5. The SMILES string of the molecule is O=C1CC(=O)N([C@H](Cc2ccccc2)[C@H](O)C(=O)O)C1. The van der Waals surface area contributed by atoms with Gasteiger partial charge in [0.15, 0.2) is 11.9 Å². The van der Waals surface area contributed by atoms with Gasteiger partial charge in [-0.05, 0) is 12.0 Å². The molecule has 0 bridgehead atoms. The summed E-state index contributed by atoms with van der Waals surface area (Å²) in [6, 6.07) is 8.02. The summed E-state index contributed by atoms with van der Waals surface area (Å²) in [5.41, 5.74) is 0.796. The van der Waals surface area contributed by atoms with Gasteiger partial charge in [-0.2, -0.15) is 0 Å². The summed E-state index contributed by atoms with van der Waals surface area (Å²) >= 11 is 0. The van der Waals surface area contributed by atoms with E-state index in [1.807, 2.05) is 6.07 Å². The molecule has 0 radical (unpaired) electrons. The number of nitrogens with zero attached hydrogens (tertiary/aromatic N) is 1. The van der Waals surface area contributed by atoms with Crippen LogP contribution in [0.3, 0.4) is 0 Å². The Morgan fingerprint density at radius 3 is 2.40 bits per heavy atom. The summed E-state index contributed by atoms with van der Waals surface area (Å²) in [6.45, 7) is -0.138. The zero-order chi connectivity index (χ0) is 14.7. The standard InChI is InChI=1S/C14H15NO5/c16-10-7-12(17)15(8-10)11(13(18)14(19)20)6-9-4-2-1-3-5-9/h1-5,11,13,18H,6-8H2,(H,19,20)/t11-,13+/m1/s1. The third-order valence-electron chi connectivity index (χ3n) is 3.32. The second-order valence-electron chi connectivity index (χ2n) is 4.78. The van der Waals surface area contributed by atoms with E-state index in [4.69, 9.17) is 5.11 Å². The number of hydrogen-bond donors (Lipinski definition) is 2. The van der Waals surface area contributed by atoms with E-state index in [1.54, 1.807) is 24.3 Å². The summed E-state index contributed by atoms with van der Waals surface area (Å²) in [6.07, 6.45) is -1.75. The topological polar surface area (TPSA) is 94.9 Å². The van der Waals surface area contributed by atoms with Crippen molar-refractivity contribution in [1.82, 2.24) is 4.90 Å². The number of aliphatic carboxylic acids is 1. The van der Waals surface area contributed by atoms with Gasteiger partial charge in [0.1, 0.15) is 0 Å². The Hall–Kier alpha value is -2.21. The Balaban J connectivity index is 2.23. The number of hydrogen-bond acceptors (Lipinski definition) is 4. The minimum Gasteiger partial charge on any atom is -0.479 e. The van der Waals surface area contributed by atoms with Crippen molar-refractivity contribution in [3.05, 3.63) is 35.9 Å². The number of aliphatic hydroxyl groups excluding tert-OH is 1. The molecule has 20 heavy (non-hydrogen) atoms. The zero-order valence-corrected chi connectivity index (χ0v) is 10.7. The van der Waals surface area contributed by atoms with Crippen LogP contribution in [0, 0.1) is 0 Å². The van der Waals surface area contributed by atoms with Crippen LogP contribution in [0.4, 0.5) is 0 Å². The highest BCUT2D eigenvalue weighted by Gasteiger charge is 2.39. The molecule has 0 spiro atoms. The number of carboxylic acids is 1. The molecule has 1 amide bonds. The van der Waals surface area contributed by atoms with Gasteiger partial charge in [-0.15, -0.1) is 0 Å². The van der Waals surface area contributed by atoms with Gasteiger partial charge in [-0.3, -0.25) is 9.59 Å². The molecule has 0 saturated carbocycles. The summed E-state index contributed by atoms with van der Waals surface area (Å²) in [4.78, 5) is 35.2. The summed E-state index contributed by atoms with van der Waals surface area (Å²) < 4.78 is 0. The summed E-state index contributed by atoms with van der Waals surface area (Å²) in [5, 5.41) is 18.8. The van der Waals surface area contributed by atoms with Gasteiger partial charge in [0, 0.05) is 0 Å². The van der Waals surface area contributed by atoms with Crippen molar-refractivity contribution >= 4 is 17.7 Å². The fraction of sp³-hybridized carbons (Fsp3) is 0.357. The monoisotopic (exact) mass is 277 g/mol. The highest BCUT2D eigenvalue weighted by molar-refractivity contribution is 6.05. The Morgan fingerprint density at radius 1 is 1.25 bits per heavy atom. The van der Waals surface area contributed by atoms with Gasteiger partial charge in [0.25, 0.3) is 0 Å². The normalized spacial score (nSPS) is 18.1. The quantitative estimate of drug-likeness (QED) is 0.729. The number of amides is 1. The molecule has 1 fully saturated rings. The van der Waals surface area contributed by atoms with Crippen LogP contribution in [0.15, 0.2) is 30.3 Å². The first-order valence-corrected chi connectivity index (χ1v) is 6.25. The van der Waals surface area contributed by atoms with E-state index in [2.05, 4.69) is 0 Å². The van der Waals surface area contributed by atoms with Crippen molar-refractivity contribution in [3.63, 3.8) is 0 Å². The predicted molar refractivity (Wildman–Crippen MR) is 68.9 cm³/mol. The van der Waals surface area contributed by atoms with Crippen LogP contribution in [-0.4, -0.2) is 51.5 Å². The number of carbonyl (C=O) groups is 3. The lowest BCUT2D eigenvalue weighted by Crippen LogP contribution is -2.49. The highest BCUT2D eigenvalue weighted by atomic mass is 16.4. The Morgan fingerprint density at radius 2 is 1.90 bits per heavy atom. The van der Waals surface area contributed by atoms with E-state index >= 15 is 0 Å². The number of Topliss-reactive ketones (excluding diaryl/α,β-unsaturated/α-hetero) is 1. The van der Waals surface area contributed by atoms with Gasteiger partial charge in [0.2, 0.25) is 5.91 Å². The summed E-state index contributed by atoms with van der Waals surface area (Å²) in [5.74, 6) is -2.10. The lowest BCUT2D eigenvalue weighted by atomic mass is 10.00.